The minimum atomic E-state index is -1.59. The lowest BCUT2D eigenvalue weighted by molar-refractivity contribution is -0.144. The van der Waals surface area contributed by atoms with E-state index in [0.717, 1.165) is 12.0 Å². The number of rotatable bonds is 17. The van der Waals surface area contributed by atoms with Crippen molar-refractivity contribution < 1.29 is 33.8 Å². The number of nitrogens with two attached hydrogens (primary N) is 2. The molecule has 250 valence electrons. The van der Waals surface area contributed by atoms with Crippen LogP contribution in [0.3, 0.4) is 0 Å². The van der Waals surface area contributed by atoms with Gasteiger partial charge in [-0.25, -0.2) is 4.79 Å². The second-order valence-electron chi connectivity index (χ2n) is 11.6. The Morgan fingerprint density at radius 3 is 2.41 bits per heavy atom. The second kappa shape index (κ2) is 17.0. The molecule has 0 aromatic heterocycles. The summed E-state index contributed by atoms with van der Waals surface area (Å²) in [4.78, 5) is 58.4. The van der Waals surface area contributed by atoms with E-state index >= 15 is 0 Å². The third kappa shape index (κ3) is 10.1. The number of carbonyl (C=O) groups excluding carboxylic acids is 3. The lowest BCUT2D eigenvalue weighted by atomic mass is 9.90. The summed E-state index contributed by atoms with van der Waals surface area (Å²) in [5.74, 6) is -1.72. The van der Waals surface area contributed by atoms with Crippen LogP contribution in [0, 0.1) is 0 Å². The number of nitrogens with zero attached hydrogens (tertiary/aromatic N) is 2. The predicted octanol–water partition coefficient (Wildman–Crippen LogP) is 1.76. The molecule has 1 aliphatic rings. The van der Waals surface area contributed by atoms with Crippen molar-refractivity contribution in [3.8, 4) is 11.5 Å². The van der Waals surface area contributed by atoms with E-state index in [-0.39, 0.29) is 31.3 Å². The van der Waals surface area contributed by atoms with Gasteiger partial charge in [0.1, 0.15) is 17.6 Å². The molecule has 2 aromatic rings. The lowest BCUT2D eigenvalue weighted by Gasteiger charge is -2.34. The Bertz CT molecular complexity index is 1380. The highest BCUT2D eigenvalue weighted by atomic mass is 16.5. The number of carboxylic acids is 1. The fraction of sp³-hybridized carbons (Fsp3) is 0.485. The number of ether oxygens (including phenoxy) is 2. The molecule has 1 heterocycles. The molecule has 46 heavy (non-hydrogen) atoms. The minimum absolute atomic E-state index is 0.00299. The summed E-state index contributed by atoms with van der Waals surface area (Å²) >= 11 is 0. The third-order valence-corrected chi connectivity index (χ3v) is 8.03. The molecule has 1 saturated heterocycles. The zero-order chi connectivity index (χ0) is 33.7. The van der Waals surface area contributed by atoms with Crippen molar-refractivity contribution in [3.05, 3.63) is 59.7 Å². The molecule has 0 saturated carbocycles. The maximum Gasteiger partial charge on any atom is 0.326 e. The fourth-order valence-corrected chi connectivity index (χ4v) is 5.58. The van der Waals surface area contributed by atoms with E-state index in [4.69, 9.17) is 20.9 Å². The molecule has 0 bridgehead atoms. The van der Waals surface area contributed by atoms with E-state index in [1.54, 1.807) is 23.1 Å². The van der Waals surface area contributed by atoms with Gasteiger partial charge in [-0.3, -0.25) is 19.4 Å². The van der Waals surface area contributed by atoms with E-state index in [1.165, 1.54) is 21.1 Å². The molecule has 13 nitrogen and oxygen atoms in total. The normalized spacial score (nSPS) is 16.1. The van der Waals surface area contributed by atoms with Crippen LogP contribution < -0.4 is 31.6 Å². The van der Waals surface area contributed by atoms with Crippen LogP contribution in [0.25, 0.3) is 0 Å². The van der Waals surface area contributed by atoms with Crippen molar-refractivity contribution in [2.45, 2.75) is 75.9 Å². The number of nitrogens with one attached hydrogen (secondary N) is 2. The molecular weight excluding hydrogens is 592 g/mol. The number of likely N-dealkylation sites (tertiary alicyclic amines) is 1. The number of amides is 3. The SMILES string of the molecule is COc1ccc(C[C@](C)(NC(=O)[C@@H]2CCCN2C(=O)CCCc2ccccc2)C(=O)N[C@@H](CCCN=C(N)N)C(=O)O)cc1OC. The van der Waals surface area contributed by atoms with Crippen molar-refractivity contribution in [3.63, 3.8) is 0 Å². The molecule has 7 N–H and O–H groups in total. The van der Waals surface area contributed by atoms with Gasteiger partial charge in [0.25, 0.3) is 0 Å². The van der Waals surface area contributed by atoms with Crippen molar-refractivity contribution in [1.82, 2.24) is 15.5 Å². The Balaban J connectivity index is 1.79. The Morgan fingerprint density at radius 1 is 1.04 bits per heavy atom. The highest BCUT2D eigenvalue weighted by molar-refractivity contribution is 5.96. The summed E-state index contributed by atoms with van der Waals surface area (Å²) in [6.45, 7) is 2.17. The van der Waals surface area contributed by atoms with Crippen molar-refractivity contribution in [1.29, 1.82) is 0 Å². The Labute approximate surface area is 269 Å². The third-order valence-electron chi connectivity index (χ3n) is 8.03. The molecule has 13 heteroatoms. The standard InChI is InChI=1S/C33H46N6O7/c1-33(21-23-16-17-26(45-2)27(20-23)46-3,31(44)37-24(30(42)43)13-8-18-36-32(34)35)38-29(41)25-14-9-19-39(25)28(40)15-7-12-22-10-5-4-6-11-22/h4-6,10-11,16-17,20,24-25H,7-9,12-15,18-19,21H2,1-3H3,(H,37,44)(H,38,41)(H,42,43)(H4,34,35,36)/t24-,25-,33-/m0/s1. The monoisotopic (exact) mass is 638 g/mol. The molecule has 2 aromatic carbocycles. The van der Waals surface area contributed by atoms with Gasteiger partial charge < -0.3 is 41.6 Å². The van der Waals surface area contributed by atoms with Gasteiger partial charge in [-0.1, -0.05) is 36.4 Å². The summed E-state index contributed by atoms with van der Waals surface area (Å²) in [5.41, 5.74) is 10.9. The number of aryl methyl sites for hydroxylation is 1. The summed E-state index contributed by atoms with van der Waals surface area (Å²) < 4.78 is 10.7. The van der Waals surface area contributed by atoms with Crippen LogP contribution in [0.2, 0.25) is 0 Å². The van der Waals surface area contributed by atoms with Crippen LogP contribution in [0.15, 0.2) is 53.5 Å². The summed E-state index contributed by atoms with van der Waals surface area (Å²) in [6.07, 6.45) is 3.16. The largest absolute Gasteiger partial charge is 0.493 e. The van der Waals surface area contributed by atoms with Crippen LogP contribution in [0.5, 0.6) is 11.5 Å². The number of guanidine groups is 1. The van der Waals surface area contributed by atoms with Crippen LogP contribution in [-0.2, 0) is 32.0 Å². The van der Waals surface area contributed by atoms with Crippen LogP contribution in [0.4, 0.5) is 0 Å². The molecule has 0 spiro atoms. The first-order valence-corrected chi connectivity index (χ1v) is 15.4. The zero-order valence-corrected chi connectivity index (χ0v) is 26.8. The number of carboxylic acid groups (broad SMARTS) is 1. The van der Waals surface area contributed by atoms with Crippen molar-refractivity contribution in [2.75, 3.05) is 27.3 Å². The number of benzene rings is 2. The first kappa shape index (κ1) is 35.7. The van der Waals surface area contributed by atoms with Crippen LogP contribution in [0.1, 0.15) is 56.6 Å². The molecule has 0 aliphatic carbocycles. The summed E-state index contributed by atoms with van der Waals surface area (Å²) in [5, 5.41) is 15.3. The maximum absolute atomic E-state index is 13.9. The average Bonchev–Trinajstić information content (AvgIpc) is 3.53. The zero-order valence-electron chi connectivity index (χ0n) is 26.8. The topological polar surface area (TPSA) is 199 Å². The number of hydrogen-bond acceptors (Lipinski definition) is 7. The van der Waals surface area contributed by atoms with Gasteiger partial charge in [0.05, 0.1) is 14.2 Å². The van der Waals surface area contributed by atoms with Crippen molar-refractivity contribution in [2.24, 2.45) is 16.5 Å². The molecular formula is C33H46N6O7. The number of hydrogen-bond donors (Lipinski definition) is 5. The number of aliphatic carboxylic acids is 1. The van der Waals surface area contributed by atoms with Gasteiger partial charge in [0, 0.05) is 25.9 Å². The molecule has 0 unspecified atom stereocenters. The minimum Gasteiger partial charge on any atom is -0.493 e. The van der Waals surface area contributed by atoms with Gasteiger partial charge >= 0.3 is 5.97 Å². The van der Waals surface area contributed by atoms with Gasteiger partial charge in [0.2, 0.25) is 17.7 Å². The van der Waals surface area contributed by atoms with Crippen LogP contribution >= 0.6 is 0 Å². The van der Waals surface area contributed by atoms with Gasteiger partial charge in [-0.15, -0.1) is 0 Å². The van der Waals surface area contributed by atoms with Gasteiger partial charge in [0.15, 0.2) is 17.5 Å². The molecule has 3 rings (SSSR count). The highest BCUT2D eigenvalue weighted by Gasteiger charge is 2.42. The van der Waals surface area contributed by atoms with E-state index < -0.39 is 35.4 Å². The van der Waals surface area contributed by atoms with Crippen LogP contribution in [-0.4, -0.2) is 84.6 Å². The first-order valence-electron chi connectivity index (χ1n) is 15.4. The Morgan fingerprint density at radius 2 is 1.76 bits per heavy atom. The summed E-state index contributed by atoms with van der Waals surface area (Å²) in [6, 6.07) is 13.0. The van der Waals surface area contributed by atoms with E-state index in [1.807, 2.05) is 30.3 Å². The van der Waals surface area contributed by atoms with Crippen molar-refractivity contribution >= 4 is 29.7 Å². The fourth-order valence-electron chi connectivity index (χ4n) is 5.58. The van der Waals surface area contributed by atoms with Gasteiger partial charge in [-0.2, -0.15) is 0 Å². The smallest absolute Gasteiger partial charge is 0.326 e. The molecule has 0 radical (unpaired) electrons. The second-order valence-corrected chi connectivity index (χ2v) is 11.6. The molecule has 3 amide bonds. The van der Waals surface area contributed by atoms with E-state index in [2.05, 4.69) is 15.6 Å². The predicted molar refractivity (Wildman–Crippen MR) is 173 cm³/mol. The lowest BCUT2D eigenvalue weighted by Crippen LogP contribution is -2.63. The van der Waals surface area contributed by atoms with Gasteiger partial charge in [-0.05, 0) is 68.7 Å². The molecule has 1 aliphatic heterocycles. The highest BCUT2D eigenvalue weighted by Crippen LogP contribution is 2.30. The first-order chi connectivity index (χ1) is 22.0. The number of carbonyl (C=O) groups is 4. The molecule has 1 fully saturated rings. The quantitative estimate of drug-likeness (QED) is 0.0973. The number of methoxy groups -OCH3 is 2. The molecule has 3 atom stereocenters. The average molecular weight is 639 g/mol. The maximum atomic E-state index is 13.9. The summed E-state index contributed by atoms with van der Waals surface area (Å²) in [7, 11) is 2.99. The Hall–Kier alpha value is -4.81. The van der Waals surface area contributed by atoms with E-state index in [0.29, 0.717) is 55.7 Å². The van der Waals surface area contributed by atoms with E-state index in [9.17, 15) is 24.3 Å². The number of aliphatic imine (C=N–C) groups is 1. The Kier molecular flexibility index (Phi) is 13.2.